The van der Waals surface area contributed by atoms with Crippen LogP contribution >= 0.6 is 0 Å². The van der Waals surface area contributed by atoms with Crippen LogP contribution < -0.4 is 0 Å². The molecule has 1 atom stereocenters. The maximum absolute atomic E-state index is 12.6. The summed E-state index contributed by atoms with van der Waals surface area (Å²) in [5.74, 6) is 0.239. The Morgan fingerprint density at radius 3 is 2.55 bits per heavy atom. The van der Waals surface area contributed by atoms with Crippen molar-refractivity contribution in [2.75, 3.05) is 26.2 Å². The number of nitrogens with one attached hydrogen (secondary N) is 1. The summed E-state index contributed by atoms with van der Waals surface area (Å²) in [6.45, 7) is 4.58. The number of rotatable bonds is 3. The van der Waals surface area contributed by atoms with Gasteiger partial charge in [0.05, 0.1) is 6.20 Å². The fourth-order valence-electron chi connectivity index (χ4n) is 3.24. The van der Waals surface area contributed by atoms with Crippen LogP contribution in [0, 0.1) is 6.92 Å². The molecular weight excluding hydrogens is 276 g/mol. The van der Waals surface area contributed by atoms with Crippen LogP contribution in [0.5, 0.6) is 0 Å². The van der Waals surface area contributed by atoms with Crippen LogP contribution in [0.25, 0.3) is 0 Å². The van der Waals surface area contributed by atoms with Crippen molar-refractivity contribution in [2.24, 2.45) is 0 Å². The SMILES string of the molecule is Cc1cn[nH]c1C1CCCN(S(=O)(=O)N2CCCC2)C1. The van der Waals surface area contributed by atoms with Crippen LogP contribution in [0.2, 0.25) is 0 Å². The summed E-state index contributed by atoms with van der Waals surface area (Å²) in [7, 11) is -3.27. The molecule has 6 nitrogen and oxygen atoms in total. The zero-order valence-corrected chi connectivity index (χ0v) is 12.7. The topological polar surface area (TPSA) is 69.3 Å². The molecule has 1 N–H and O–H groups in total. The van der Waals surface area contributed by atoms with Gasteiger partial charge in [-0.25, -0.2) is 0 Å². The lowest BCUT2D eigenvalue weighted by atomic mass is 9.94. The van der Waals surface area contributed by atoms with Crippen LogP contribution in [0.4, 0.5) is 0 Å². The third-order valence-corrected chi connectivity index (χ3v) is 6.38. The number of hydrogen-bond acceptors (Lipinski definition) is 3. The van der Waals surface area contributed by atoms with Crippen molar-refractivity contribution >= 4 is 10.2 Å². The summed E-state index contributed by atoms with van der Waals surface area (Å²) in [6.07, 6.45) is 5.71. The summed E-state index contributed by atoms with van der Waals surface area (Å²) in [4.78, 5) is 0. The molecular formula is C13H22N4O2S. The molecule has 1 unspecified atom stereocenters. The van der Waals surface area contributed by atoms with E-state index in [1.165, 1.54) is 0 Å². The molecule has 3 rings (SSSR count). The first-order valence-corrected chi connectivity index (χ1v) is 8.74. The van der Waals surface area contributed by atoms with Gasteiger partial charge >= 0.3 is 0 Å². The summed E-state index contributed by atoms with van der Waals surface area (Å²) in [5, 5.41) is 7.09. The molecule has 0 aliphatic carbocycles. The van der Waals surface area contributed by atoms with Gasteiger partial charge in [0.15, 0.2) is 0 Å². The molecule has 0 spiro atoms. The average molecular weight is 298 g/mol. The Balaban J connectivity index is 1.76. The van der Waals surface area contributed by atoms with E-state index in [4.69, 9.17) is 0 Å². The quantitative estimate of drug-likeness (QED) is 0.912. The number of hydrogen-bond donors (Lipinski definition) is 1. The Morgan fingerprint density at radius 2 is 1.90 bits per heavy atom. The number of nitrogens with zero attached hydrogens (tertiary/aromatic N) is 3. The van der Waals surface area contributed by atoms with Crippen LogP contribution in [-0.2, 0) is 10.2 Å². The second kappa shape index (κ2) is 5.46. The normalized spacial score (nSPS) is 26.1. The van der Waals surface area contributed by atoms with Gasteiger partial charge in [-0.15, -0.1) is 0 Å². The molecule has 1 aromatic heterocycles. The number of piperidine rings is 1. The fraction of sp³-hybridized carbons (Fsp3) is 0.769. The van der Waals surface area contributed by atoms with E-state index in [-0.39, 0.29) is 5.92 Å². The van der Waals surface area contributed by atoms with Gasteiger partial charge in [-0.2, -0.15) is 22.1 Å². The van der Waals surface area contributed by atoms with Crippen molar-refractivity contribution in [3.05, 3.63) is 17.5 Å². The summed E-state index contributed by atoms with van der Waals surface area (Å²) >= 11 is 0. The van der Waals surface area contributed by atoms with Crippen LogP contribution in [0.1, 0.15) is 42.9 Å². The van der Waals surface area contributed by atoms with Gasteiger partial charge in [0.2, 0.25) is 0 Å². The minimum Gasteiger partial charge on any atom is -0.282 e. The second-order valence-electron chi connectivity index (χ2n) is 5.78. The molecule has 2 saturated heterocycles. The molecule has 2 aliphatic rings. The van der Waals surface area contributed by atoms with E-state index in [1.807, 2.05) is 13.1 Å². The van der Waals surface area contributed by atoms with Gasteiger partial charge in [0, 0.05) is 37.8 Å². The zero-order chi connectivity index (χ0) is 14.2. The van der Waals surface area contributed by atoms with Gasteiger partial charge < -0.3 is 0 Å². The molecule has 7 heteroatoms. The van der Waals surface area contributed by atoms with E-state index in [9.17, 15) is 8.42 Å². The second-order valence-corrected chi connectivity index (χ2v) is 7.71. The summed E-state index contributed by atoms with van der Waals surface area (Å²) in [6, 6.07) is 0. The Bertz CT molecular complexity index is 563. The first-order chi connectivity index (χ1) is 9.59. The first kappa shape index (κ1) is 14.0. The van der Waals surface area contributed by atoms with Crippen molar-refractivity contribution in [3.63, 3.8) is 0 Å². The molecule has 112 valence electrons. The third-order valence-electron chi connectivity index (χ3n) is 4.38. The monoisotopic (exact) mass is 298 g/mol. The molecule has 2 aliphatic heterocycles. The smallest absolute Gasteiger partial charge is 0.281 e. The Labute approximate surface area is 120 Å². The molecule has 3 heterocycles. The molecule has 0 aromatic carbocycles. The van der Waals surface area contributed by atoms with Gasteiger partial charge in [0.25, 0.3) is 10.2 Å². The Kier molecular flexibility index (Phi) is 3.83. The minimum absolute atomic E-state index is 0.239. The third kappa shape index (κ3) is 2.49. The number of aryl methyl sites for hydroxylation is 1. The molecule has 1 aromatic rings. The lowest BCUT2D eigenvalue weighted by molar-refractivity contribution is 0.289. The van der Waals surface area contributed by atoms with Gasteiger partial charge in [0.1, 0.15) is 0 Å². The molecule has 20 heavy (non-hydrogen) atoms. The van der Waals surface area contributed by atoms with Crippen molar-refractivity contribution in [1.82, 2.24) is 18.8 Å². The van der Waals surface area contributed by atoms with Gasteiger partial charge in [-0.3, -0.25) is 5.10 Å². The van der Waals surface area contributed by atoms with Gasteiger partial charge in [-0.1, -0.05) is 0 Å². The highest BCUT2D eigenvalue weighted by Gasteiger charge is 2.35. The standard InChI is InChI=1S/C13H22N4O2S/c1-11-9-14-15-13(11)12-5-4-8-17(10-12)20(18,19)16-6-2-3-7-16/h9,12H,2-8,10H2,1H3,(H,14,15). The van der Waals surface area contributed by atoms with Crippen LogP contribution in [-0.4, -0.2) is 53.4 Å². The fourth-order valence-corrected chi connectivity index (χ4v) is 5.01. The van der Waals surface area contributed by atoms with Crippen molar-refractivity contribution in [3.8, 4) is 0 Å². The van der Waals surface area contributed by atoms with Gasteiger partial charge in [-0.05, 0) is 38.2 Å². The highest BCUT2D eigenvalue weighted by Crippen LogP contribution is 2.30. The van der Waals surface area contributed by atoms with E-state index in [0.717, 1.165) is 36.9 Å². The van der Waals surface area contributed by atoms with Crippen LogP contribution in [0.15, 0.2) is 6.20 Å². The summed E-state index contributed by atoms with van der Waals surface area (Å²) < 4.78 is 28.5. The number of H-pyrrole nitrogens is 1. The highest BCUT2D eigenvalue weighted by atomic mass is 32.2. The van der Waals surface area contributed by atoms with Crippen molar-refractivity contribution in [1.29, 1.82) is 0 Å². The number of aromatic amines is 1. The minimum atomic E-state index is -3.27. The van der Waals surface area contributed by atoms with Crippen molar-refractivity contribution in [2.45, 2.75) is 38.5 Å². The predicted molar refractivity (Wildman–Crippen MR) is 76.6 cm³/mol. The lowest BCUT2D eigenvalue weighted by Crippen LogP contribution is -2.46. The first-order valence-electron chi connectivity index (χ1n) is 7.34. The number of aromatic nitrogens is 2. The molecule has 0 saturated carbocycles. The molecule has 0 radical (unpaired) electrons. The molecule has 0 bridgehead atoms. The Morgan fingerprint density at radius 1 is 1.20 bits per heavy atom. The van der Waals surface area contributed by atoms with Crippen LogP contribution in [0.3, 0.4) is 0 Å². The molecule has 0 amide bonds. The van der Waals surface area contributed by atoms with E-state index < -0.39 is 10.2 Å². The Hall–Kier alpha value is -0.920. The van der Waals surface area contributed by atoms with E-state index in [0.29, 0.717) is 26.2 Å². The molecule has 2 fully saturated rings. The maximum atomic E-state index is 12.6. The highest BCUT2D eigenvalue weighted by molar-refractivity contribution is 7.86. The predicted octanol–water partition coefficient (Wildman–Crippen LogP) is 1.24. The van der Waals surface area contributed by atoms with E-state index >= 15 is 0 Å². The van der Waals surface area contributed by atoms with E-state index in [1.54, 1.807) is 8.61 Å². The van der Waals surface area contributed by atoms with E-state index in [2.05, 4.69) is 10.2 Å². The maximum Gasteiger partial charge on any atom is 0.281 e. The average Bonchev–Trinajstić information content (AvgIpc) is 3.10. The summed E-state index contributed by atoms with van der Waals surface area (Å²) in [5.41, 5.74) is 2.21. The largest absolute Gasteiger partial charge is 0.282 e. The lowest BCUT2D eigenvalue weighted by Gasteiger charge is -2.34. The zero-order valence-electron chi connectivity index (χ0n) is 11.9. The van der Waals surface area contributed by atoms with Crippen molar-refractivity contribution < 1.29 is 8.42 Å².